The third kappa shape index (κ3) is 3.23. The molecule has 0 radical (unpaired) electrons. The fraction of sp³-hybridized carbons (Fsp3) is 0.571. The molecule has 0 saturated carbocycles. The molecule has 2 rings (SSSR count). The Balaban J connectivity index is 2.03. The second-order valence-electron chi connectivity index (χ2n) is 5.75. The molecule has 1 saturated heterocycles. The number of benzene rings is 1. The van der Waals surface area contributed by atoms with E-state index in [0.29, 0.717) is 5.41 Å². The molecule has 1 aliphatic heterocycles. The standard InChI is InChI=1S/C14H21BrN2/c1-14(2)6-8-17(9-7-14)10-11-12(15)4-3-5-13(11)16/h3-5H,6-10,16H2,1-2H3. The van der Waals surface area contributed by atoms with Crippen molar-refractivity contribution >= 4 is 21.6 Å². The highest BCUT2D eigenvalue weighted by atomic mass is 79.9. The molecule has 0 aliphatic carbocycles. The predicted molar refractivity (Wildman–Crippen MR) is 76.8 cm³/mol. The summed E-state index contributed by atoms with van der Waals surface area (Å²) in [6.45, 7) is 8.03. The Morgan fingerprint density at radius 3 is 2.53 bits per heavy atom. The lowest BCUT2D eigenvalue weighted by molar-refractivity contribution is 0.127. The molecule has 0 bridgehead atoms. The molecule has 0 spiro atoms. The van der Waals surface area contributed by atoms with E-state index in [9.17, 15) is 0 Å². The summed E-state index contributed by atoms with van der Waals surface area (Å²) in [5.41, 5.74) is 8.67. The number of hydrogen-bond acceptors (Lipinski definition) is 2. The van der Waals surface area contributed by atoms with Crippen molar-refractivity contribution in [2.24, 2.45) is 5.41 Å². The lowest BCUT2D eigenvalue weighted by Crippen LogP contribution is -2.37. The van der Waals surface area contributed by atoms with Crippen LogP contribution in [0, 0.1) is 5.41 Å². The minimum Gasteiger partial charge on any atom is -0.398 e. The van der Waals surface area contributed by atoms with Gasteiger partial charge in [-0.25, -0.2) is 0 Å². The molecule has 0 unspecified atom stereocenters. The highest BCUT2D eigenvalue weighted by Crippen LogP contribution is 2.32. The molecule has 3 heteroatoms. The number of nitrogens with two attached hydrogens (primary N) is 1. The van der Waals surface area contributed by atoms with Gasteiger partial charge in [-0.1, -0.05) is 35.8 Å². The first kappa shape index (κ1) is 12.9. The van der Waals surface area contributed by atoms with E-state index in [0.717, 1.165) is 16.7 Å². The Morgan fingerprint density at radius 2 is 1.94 bits per heavy atom. The molecule has 2 nitrogen and oxygen atoms in total. The molecular weight excluding hydrogens is 276 g/mol. The van der Waals surface area contributed by atoms with Crippen LogP contribution in [0.5, 0.6) is 0 Å². The first-order valence-electron chi connectivity index (χ1n) is 6.23. The number of hydrogen-bond donors (Lipinski definition) is 1. The quantitative estimate of drug-likeness (QED) is 0.844. The lowest BCUT2D eigenvalue weighted by atomic mass is 9.82. The van der Waals surface area contributed by atoms with E-state index in [-0.39, 0.29) is 0 Å². The summed E-state index contributed by atoms with van der Waals surface area (Å²) in [4.78, 5) is 2.50. The molecule has 17 heavy (non-hydrogen) atoms. The van der Waals surface area contributed by atoms with E-state index >= 15 is 0 Å². The van der Waals surface area contributed by atoms with Crippen molar-refractivity contribution in [2.75, 3.05) is 18.8 Å². The van der Waals surface area contributed by atoms with Crippen LogP contribution in [0.25, 0.3) is 0 Å². The van der Waals surface area contributed by atoms with Gasteiger partial charge in [-0.3, -0.25) is 4.90 Å². The summed E-state index contributed by atoms with van der Waals surface area (Å²) in [6, 6.07) is 6.04. The Bertz CT molecular complexity index is 371. The van der Waals surface area contributed by atoms with Gasteiger partial charge in [-0.2, -0.15) is 0 Å². The summed E-state index contributed by atoms with van der Waals surface area (Å²) in [6.07, 6.45) is 2.55. The summed E-state index contributed by atoms with van der Waals surface area (Å²) >= 11 is 3.59. The van der Waals surface area contributed by atoms with E-state index in [2.05, 4.69) is 40.7 Å². The van der Waals surface area contributed by atoms with E-state index in [1.165, 1.54) is 31.5 Å². The minimum atomic E-state index is 0.510. The van der Waals surface area contributed by atoms with Gasteiger partial charge in [0.25, 0.3) is 0 Å². The maximum atomic E-state index is 6.04. The topological polar surface area (TPSA) is 29.3 Å². The fourth-order valence-electron chi connectivity index (χ4n) is 2.28. The molecule has 0 amide bonds. The van der Waals surface area contributed by atoms with Crippen LogP contribution in [-0.2, 0) is 6.54 Å². The van der Waals surface area contributed by atoms with Crippen molar-refractivity contribution in [1.29, 1.82) is 0 Å². The van der Waals surface area contributed by atoms with Crippen molar-refractivity contribution in [3.05, 3.63) is 28.2 Å². The number of anilines is 1. The zero-order valence-electron chi connectivity index (χ0n) is 10.7. The average molecular weight is 297 g/mol. The second kappa shape index (κ2) is 4.99. The monoisotopic (exact) mass is 296 g/mol. The molecule has 1 heterocycles. The van der Waals surface area contributed by atoms with Crippen LogP contribution in [0.2, 0.25) is 0 Å². The third-order valence-corrected chi connectivity index (χ3v) is 4.49. The maximum absolute atomic E-state index is 6.04. The van der Waals surface area contributed by atoms with Gasteiger partial charge in [0.1, 0.15) is 0 Å². The van der Waals surface area contributed by atoms with Gasteiger partial charge in [0.05, 0.1) is 0 Å². The van der Waals surface area contributed by atoms with Gasteiger partial charge in [0.15, 0.2) is 0 Å². The first-order valence-corrected chi connectivity index (χ1v) is 7.02. The molecule has 1 fully saturated rings. The molecule has 1 aliphatic rings. The molecule has 94 valence electrons. The lowest BCUT2D eigenvalue weighted by Gasteiger charge is -2.37. The van der Waals surface area contributed by atoms with Crippen LogP contribution in [0.4, 0.5) is 5.69 Å². The smallest absolute Gasteiger partial charge is 0.0371 e. The number of nitrogen functional groups attached to an aromatic ring is 1. The first-order chi connectivity index (χ1) is 7.98. The van der Waals surface area contributed by atoms with Gasteiger partial charge in [-0.05, 0) is 43.5 Å². The van der Waals surface area contributed by atoms with Crippen molar-refractivity contribution in [3.63, 3.8) is 0 Å². The van der Waals surface area contributed by atoms with Gasteiger partial charge in [0, 0.05) is 22.3 Å². The largest absolute Gasteiger partial charge is 0.398 e. The summed E-state index contributed by atoms with van der Waals surface area (Å²) in [5, 5.41) is 0. The molecule has 0 aromatic heterocycles. The zero-order chi connectivity index (χ0) is 12.5. The van der Waals surface area contributed by atoms with E-state index < -0.39 is 0 Å². The van der Waals surface area contributed by atoms with Crippen molar-refractivity contribution in [2.45, 2.75) is 33.2 Å². The molecule has 2 N–H and O–H groups in total. The normalized spacial score (nSPS) is 20.4. The maximum Gasteiger partial charge on any atom is 0.0371 e. The Hall–Kier alpha value is -0.540. The van der Waals surface area contributed by atoms with Crippen LogP contribution in [-0.4, -0.2) is 18.0 Å². The van der Waals surface area contributed by atoms with Crippen molar-refractivity contribution < 1.29 is 0 Å². The van der Waals surface area contributed by atoms with Crippen LogP contribution < -0.4 is 5.73 Å². The zero-order valence-corrected chi connectivity index (χ0v) is 12.3. The Kier molecular flexibility index (Phi) is 3.79. The van der Waals surface area contributed by atoms with Crippen molar-refractivity contribution in [3.8, 4) is 0 Å². The summed E-state index contributed by atoms with van der Waals surface area (Å²) in [7, 11) is 0. The van der Waals surface area contributed by atoms with Crippen LogP contribution in [0.3, 0.4) is 0 Å². The van der Waals surface area contributed by atoms with Crippen molar-refractivity contribution in [1.82, 2.24) is 4.90 Å². The number of halogens is 1. The molecular formula is C14H21BrN2. The van der Waals surface area contributed by atoms with Gasteiger partial charge >= 0.3 is 0 Å². The Morgan fingerprint density at radius 1 is 1.29 bits per heavy atom. The summed E-state index contributed by atoms with van der Waals surface area (Å²) < 4.78 is 1.13. The number of nitrogens with zero attached hydrogens (tertiary/aromatic N) is 1. The van der Waals surface area contributed by atoms with Gasteiger partial charge < -0.3 is 5.73 Å². The van der Waals surface area contributed by atoms with E-state index in [1.54, 1.807) is 0 Å². The van der Waals surface area contributed by atoms with Gasteiger partial charge in [0.2, 0.25) is 0 Å². The second-order valence-corrected chi connectivity index (χ2v) is 6.60. The molecule has 0 atom stereocenters. The molecule has 1 aromatic rings. The van der Waals surface area contributed by atoms with Crippen LogP contribution in [0.1, 0.15) is 32.3 Å². The minimum absolute atomic E-state index is 0.510. The highest BCUT2D eigenvalue weighted by molar-refractivity contribution is 9.10. The molecule has 1 aromatic carbocycles. The number of piperidine rings is 1. The predicted octanol–water partition coefficient (Wildman–Crippen LogP) is 3.65. The van der Waals surface area contributed by atoms with E-state index in [4.69, 9.17) is 5.73 Å². The fourth-order valence-corrected chi connectivity index (χ4v) is 2.79. The van der Waals surface area contributed by atoms with E-state index in [1.807, 2.05) is 12.1 Å². The SMILES string of the molecule is CC1(C)CCN(Cc2c(N)cccc2Br)CC1. The van der Waals surface area contributed by atoms with Crippen LogP contribution in [0.15, 0.2) is 22.7 Å². The van der Waals surface area contributed by atoms with Gasteiger partial charge in [-0.15, -0.1) is 0 Å². The van der Waals surface area contributed by atoms with Crippen LogP contribution >= 0.6 is 15.9 Å². The average Bonchev–Trinajstić information content (AvgIpc) is 2.26. The third-order valence-electron chi connectivity index (χ3n) is 3.75. The number of likely N-dealkylation sites (tertiary alicyclic amines) is 1. The summed E-state index contributed by atoms with van der Waals surface area (Å²) in [5.74, 6) is 0. The number of rotatable bonds is 2. The Labute approximate surface area is 112 Å². The highest BCUT2D eigenvalue weighted by Gasteiger charge is 2.25.